The van der Waals surface area contributed by atoms with Crippen LogP contribution in [0.25, 0.3) is 0 Å². The van der Waals surface area contributed by atoms with Crippen molar-refractivity contribution in [3.05, 3.63) is 58.6 Å². The maximum absolute atomic E-state index is 12.7. The summed E-state index contributed by atoms with van der Waals surface area (Å²) >= 11 is 5.86. The Morgan fingerprint density at radius 2 is 1.74 bits per heavy atom. The molecule has 0 saturated carbocycles. The van der Waals surface area contributed by atoms with Crippen LogP contribution in [0, 0.1) is 6.92 Å². The standard InChI is InChI=1S/C23H30ClN5O5/c1-14(2)34-20-10-9-19(11-15(20)3)26-28-27-23(33)29(16(4)12-21(30)31)22(32)25-13-17-5-7-18(24)8-6-17/h5-11,14,16,26,28H,12-13H2,1-4H3,(H,25,32)(H,27,33)(H,30,31)/t16-/m0/s1. The minimum absolute atomic E-state index is 0.0412. The molecule has 2 rings (SSSR count). The van der Waals surface area contributed by atoms with Gasteiger partial charge in [0.05, 0.1) is 24.3 Å². The van der Waals surface area contributed by atoms with Crippen molar-refractivity contribution < 1.29 is 24.2 Å². The fraction of sp³-hybridized carbons (Fsp3) is 0.348. The molecule has 10 nitrogen and oxygen atoms in total. The van der Waals surface area contributed by atoms with Crippen molar-refractivity contribution in [2.75, 3.05) is 5.43 Å². The third kappa shape index (κ3) is 8.45. The van der Waals surface area contributed by atoms with Crippen LogP contribution in [0.5, 0.6) is 5.75 Å². The van der Waals surface area contributed by atoms with Gasteiger partial charge >= 0.3 is 18.0 Å². The van der Waals surface area contributed by atoms with Crippen molar-refractivity contribution in [1.29, 1.82) is 0 Å². The number of carboxylic acid groups (broad SMARTS) is 1. The predicted octanol–water partition coefficient (Wildman–Crippen LogP) is 4.05. The van der Waals surface area contributed by atoms with Gasteiger partial charge in [-0.1, -0.05) is 23.7 Å². The topological polar surface area (TPSA) is 132 Å². The number of aryl methyl sites for hydroxylation is 1. The van der Waals surface area contributed by atoms with Gasteiger partial charge in [0.15, 0.2) is 0 Å². The zero-order valence-electron chi connectivity index (χ0n) is 19.5. The SMILES string of the molecule is Cc1cc(NNNC(=O)N(C(=O)NCc2ccc(Cl)cc2)[C@@H](C)CC(=O)O)ccc1OC(C)C. The number of hydrogen-bond donors (Lipinski definition) is 5. The summed E-state index contributed by atoms with van der Waals surface area (Å²) in [5.74, 6) is -0.392. The largest absolute Gasteiger partial charge is 0.491 e. The Kier molecular flexibility index (Phi) is 9.96. The number of carbonyl (C=O) groups excluding carboxylic acids is 2. The average molecular weight is 492 g/mol. The number of benzene rings is 2. The highest BCUT2D eigenvalue weighted by Crippen LogP contribution is 2.22. The quantitative estimate of drug-likeness (QED) is 0.317. The van der Waals surface area contributed by atoms with Crippen LogP contribution in [0.2, 0.25) is 5.02 Å². The van der Waals surface area contributed by atoms with E-state index in [4.69, 9.17) is 21.4 Å². The number of amides is 4. The molecular weight excluding hydrogens is 462 g/mol. The lowest BCUT2D eigenvalue weighted by molar-refractivity contribution is -0.137. The van der Waals surface area contributed by atoms with Crippen LogP contribution in [-0.2, 0) is 11.3 Å². The first kappa shape index (κ1) is 26.7. The molecule has 0 radical (unpaired) electrons. The number of aliphatic carboxylic acids is 1. The summed E-state index contributed by atoms with van der Waals surface area (Å²) in [5.41, 5.74) is 10.0. The van der Waals surface area contributed by atoms with Gasteiger partial charge in [-0.3, -0.25) is 10.2 Å². The highest BCUT2D eigenvalue weighted by Gasteiger charge is 2.28. The molecule has 0 heterocycles. The molecule has 34 heavy (non-hydrogen) atoms. The van der Waals surface area contributed by atoms with Gasteiger partial charge in [-0.25, -0.2) is 14.5 Å². The smallest absolute Gasteiger partial charge is 0.341 e. The minimum Gasteiger partial charge on any atom is -0.491 e. The highest BCUT2D eigenvalue weighted by molar-refractivity contribution is 6.30. The van der Waals surface area contributed by atoms with Crippen molar-refractivity contribution in [3.63, 3.8) is 0 Å². The van der Waals surface area contributed by atoms with Crippen LogP contribution in [0.4, 0.5) is 15.3 Å². The van der Waals surface area contributed by atoms with E-state index in [0.717, 1.165) is 21.8 Å². The second-order valence-electron chi connectivity index (χ2n) is 7.93. The van der Waals surface area contributed by atoms with E-state index in [1.165, 1.54) is 6.92 Å². The minimum atomic E-state index is -1.14. The number of hydrogen-bond acceptors (Lipinski definition) is 6. The molecule has 184 valence electrons. The number of urea groups is 2. The summed E-state index contributed by atoms with van der Waals surface area (Å²) in [6.45, 7) is 7.37. The average Bonchev–Trinajstić information content (AvgIpc) is 2.74. The molecule has 2 aromatic carbocycles. The number of imide groups is 1. The first-order chi connectivity index (χ1) is 16.1. The van der Waals surface area contributed by atoms with E-state index in [1.807, 2.05) is 26.8 Å². The Morgan fingerprint density at radius 3 is 2.32 bits per heavy atom. The number of hydrazine groups is 2. The van der Waals surface area contributed by atoms with E-state index >= 15 is 0 Å². The highest BCUT2D eigenvalue weighted by atomic mass is 35.5. The Morgan fingerprint density at radius 1 is 1.06 bits per heavy atom. The lowest BCUT2D eigenvalue weighted by Gasteiger charge is -2.27. The molecule has 0 aromatic heterocycles. The lowest BCUT2D eigenvalue weighted by Crippen LogP contribution is -2.56. The lowest BCUT2D eigenvalue weighted by atomic mass is 10.2. The van der Waals surface area contributed by atoms with Crippen molar-refractivity contribution in [3.8, 4) is 5.75 Å². The molecule has 11 heteroatoms. The molecule has 0 aliphatic rings. The van der Waals surface area contributed by atoms with Crippen molar-refractivity contribution >= 4 is 35.3 Å². The number of nitrogens with one attached hydrogen (secondary N) is 4. The molecule has 0 aliphatic carbocycles. The summed E-state index contributed by atoms with van der Waals surface area (Å²) in [6, 6.07) is 9.73. The molecule has 0 saturated heterocycles. The van der Waals surface area contributed by atoms with E-state index in [2.05, 4.69) is 21.7 Å². The van der Waals surface area contributed by atoms with Crippen molar-refractivity contribution in [2.45, 2.75) is 52.8 Å². The van der Waals surface area contributed by atoms with Gasteiger partial charge in [0.1, 0.15) is 5.75 Å². The molecule has 0 unspecified atom stereocenters. The van der Waals surface area contributed by atoms with Crippen LogP contribution in [0.3, 0.4) is 0 Å². The molecule has 1 atom stereocenters. The fourth-order valence-corrected chi connectivity index (χ4v) is 3.16. The molecule has 0 aliphatic heterocycles. The fourth-order valence-electron chi connectivity index (χ4n) is 3.03. The number of carboxylic acids is 1. The molecule has 4 amide bonds. The van der Waals surface area contributed by atoms with Crippen LogP contribution < -0.4 is 26.4 Å². The monoisotopic (exact) mass is 491 g/mol. The Labute approximate surface area is 203 Å². The second kappa shape index (κ2) is 12.7. The molecule has 5 N–H and O–H groups in total. The van der Waals surface area contributed by atoms with E-state index < -0.39 is 30.5 Å². The van der Waals surface area contributed by atoms with Gasteiger partial charge in [-0.05, 0) is 69.2 Å². The normalized spacial score (nSPS) is 11.5. The molecule has 0 spiro atoms. The van der Waals surface area contributed by atoms with Gasteiger partial charge in [0.2, 0.25) is 0 Å². The van der Waals surface area contributed by atoms with Gasteiger partial charge in [0, 0.05) is 11.6 Å². The maximum atomic E-state index is 12.7. The molecule has 0 bridgehead atoms. The zero-order chi connectivity index (χ0) is 25.3. The van der Waals surface area contributed by atoms with E-state index in [1.54, 1.807) is 36.4 Å². The van der Waals surface area contributed by atoms with Crippen LogP contribution in [0.15, 0.2) is 42.5 Å². The summed E-state index contributed by atoms with van der Waals surface area (Å²) in [5, 5.41) is 12.3. The van der Waals surface area contributed by atoms with Gasteiger partial charge < -0.3 is 20.6 Å². The second-order valence-corrected chi connectivity index (χ2v) is 8.37. The first-order valence-corrected chi connectivity index (χ1v) is 11.1. The van der Waals surface area contributed by atoms with Crippen molar-refractivity contribution in [1.82, 2.24) is 21.2 Å². The van der Waals surface area contributed by atoms with E-state index in [9.17, 15) is 14.4 Å². The summed E-state index contributed by atoms with van der Waals surface area (Å²) < 4.78 is 5.70. The Hall–Kier alpha value is -3.50. The van der Waals surface area contributed by atoms with Gasteiger partial charge in [-0.2, -0.15) is 0 Å². The van der Waals surface area contributed by atoms with Gasteiger partial charge in [-0.15, -0.1) is 5.53 Å². The predicted molar refractivity (Wildman–Crippen MR) is 129 cm³/mol. The van der Waals surface area contributed by atoms with E-state index in [0.29, 0.717) is 10.7 Å². The summed E-state index contributed by atoms with van der Waals surface area (Å²) in [6.07, 6.45) is -0.370. The Balaban J connectivity index is 1.99. The number of rotatable bonds is 10. The van der Waals surface area contributed by atoms with Crippen LogP contribution in [-0.4, -0.2) is 40.2 Å². The number of carbonyl (C=O) groups is 3. The van der Waals surface area contributed by atoms with Crippen molar-refractivity contribution in [2.24, 2.45) is 0 Å². The molecule has 0 fully saturated rings. The van der Waals surface area contributed by atoms with Gasteiger partial charge in [0.25, 0.3) is 0 Å². The zero-order valence-corrected chi connectivity index (χ0v) is 20.3. The third-order valence-electron chi connectivity index (χ3n) is 4.62. The first-order valence-electron chi connectivity index (χ1n) is 10.7. The molecular formula is C23H30ClN5O5. The van der Waals surface area contributed by atoms with E-state index in [-0.39, 0.29) is 12.6 Å². The maximum Gasteiger partial charge on any atom is 0.341 e. The number of nitrogens with zero attached hydrogens (tertiary/aromatic N) is 1. The van der Waals surface area contributed by atoms with Crippen LogP contribution in [0.1, 0.15) is 38.3 Å². The molecule has 2 aromatic rings. The summed E-state index contributed by atoms with van der Waals surface area (Å²) in [7, 11) is 0. The third-order valence-corrected chi connectivity index (χ3v) is 4.87. The Bertz CT molecular complexity index is 1000. The van der Waals surface area contributed by atoms with Crippen LogP contribution >= 0.6 is 11.6 Å². The summed E-state index contributed by atoms with van der Waals surface area (Å²) in [4.78, 5) is 37.4. The number of ether oxygens (including phenoxy) is 1. The number of halogens is 1. The number of anilines is 1.